The molecule has 0 bridgehead atoms. The van der Waals surface area contributed by atoms with Crippen LogP contribution >= 0.6 is 23.4 Å². The van der Waals surface area contributed by atoms with E-state index in [0.29, 0.717) is 22.8 Å². The van der Waals surface area contributed by atoms with Gasteiger partial charge in [0.05, 0.1) is 23.8 Å². The van der Waals surface area contributed by atoms with Crippen molar-refractivity contribution in [3.05, 3.63) is 64.8 Å². The second kappa shape index (κ2) is 12.6. The maximum atomic E-state index is 11.2. The summed E-state index contributed by atoms with van der Waals surface area (Å²) in [6.45, 7) is 5.35. The highest BCUT2D eigenvalue weighted by molar-refractivity contribution is 7.99. The van der Waals surface area contributed by atoms with Crippen LogP contribution in [0.15, 0.2) is 53.6 Å². The van der Waals surface area contributed by atoms with Gasteiger partial charge in [-0.05, 0) is 100 Å². The third kappa shape index (κ3) is 6.73. The molecular formula is C29H37ClN2O3S. The molecule has 2 N–H and O–H groups in total. The van der Waals surface area contributed by atoms with E-state index in [-0.39, 0.29) is 12.0 Å². The standard InChI is InChI=1S/C29H37ClN2O3S/c1-21-5-3-6-23(17-21)36-16-4-13-32-14-11-29(20-33,12-15-32)10-9-27(34)28-24-18-22(35-2)7-8-26(24)31-19-25(28)30/h3,5-8,17-19,27,33-34H,4,9-16,20H2,1-2H3/t27-/m1/s1. The summed E-state index contributed by atoms with van der Waals surface area (Å²) < 4.78 is 5.37. The van der Waals surface area contributed by atoms with Crippen LogP contribution in [0.25, 0.3) is 10.9 Å². The van der Waals surface area contributed by atoms with Crippen molar-refractivity contribution in [2.24, 2.45) is 5.41 Å². The lowest BCUT2D eigenvalue weighted by molar-refractivity contribution is 0.0238. The Balaban J connectivity index is 1.29. The number of ether oxygens (including phenoxy) is 1. The number of rotatable bonds is 11. The Labute approximate surface area is 223 Å². The minimum absolute atomic E-state index is 0.148. The fraction of sp³-hybridized carbons (Fsp3) is 0.483. The Morgan fingerprint density at radius 2 is 2.00 bits per heavy atom. The molecule has 7 heteroatoms. The van der Waals surface area contributed by atoms with Crippen LogP contribution in [-0.4, -0.2) is 59.2 Å². The molecule has 1 fully saturated rings. The number of aryl methyl sites for hydroxylation is 1. The first-order chi connectivity index (χ1) is 17.4. The number of likely N-dealkylation sites (tertiary alicyclic amines) is 1. The van der Waals surface area contributed by atoms with Crippen LogP contribution in [-0.2, 0) is 0 Å². The highest BCUT2D eigenvalue weighted by atomic mass is 35.5. The molecule has 1 aromatic heterocycles. The largest absolute Gasteiger partial charge is 0.497 e. The van der Waals surface area contributed by atoms with Gasteiger partial charge >= 0.3 is 0 Å². The lowest BCUT2D eigenvalue weighted by atomic mass is 9.74. The van der Waals surface area contributed by atoms with Gasteiger partial charge in [-0.3, -0.25) is 4.98 Å². The number of nitrogens with zero attached hydrogens (tertiary/aromatic N) is 2. The average Bonchev–Trinajstić information content (AvgIpc) is 2.90. The van der Waals surface area contributed by atoms with Crippen LogP contribution in [0.3, 0.4) is 0 Å². The average molecular weight is 529 g/mol. The maximum absolute atomic E-state index is 11.2. The minimum Gasteiger partial charge on any atom is -0.497 e. The molecule has 1 aliphatic rings. The van der Waals surface area contributed by atoms with E-state index in [0.717, 1.165) is 62.0 Å². The lowest BCUT2D eigenvalue weighted by Gasteiger charge is -2.41. The van der Waals surface area contributed by atoms with Crippen molar-refractivity contribution in [3.8, 4) is 5.75 Å². The van der Waals surface area contributed by atoms with E-state index < -0.39 is 6.10 Å². The van der Waals surface area contributed by atoms with Gasteiger partial charge in [0.25, 0.3) is 0 Å². The molecule has 194 valence electrons. The van der Waals surface area contributed by atoms with Crippen LogP contribution in [0, 0.1) is 12.3 Å². The Morgan fingerprint density at radius 1 is 1.19 bits per heavy atom. The molecule has 0 radical (unpaired) electrons. The zero-order chi connectivity index (χ0) is 25.5. The number of halogens is 1. The zero-order valence-electron chi connectivity index (χ0n) is 21.3. The molecule has 1 atom stereocenters. The first-order valence-electron chi connectivity index (χ1n) is 12.8. The van der Waals surface area contributed by atoms with E-state index in [9.17, 15) is 10.2 Å². The van der Waals surface area contributed by atoms with E-state index in [1.54, 1.807) is 13.3 Å². The highest BCUT2D eigenvalue weighted by Gasteiger charge is 2.34. The molecule has 2 heterocycles. The van der Waals surface area contributed by atoms with Gasteiger partial charge in [-0.1, -0.05) is 29.3 Å². The Bertz CT molecular complexity index is 1150. The molecule has 36 heavy (non-hydrogen) atoms. The van der Waals surface area contributed by atoms with E-state index in [1.165, 1.54) is 10.5 Å². The molecule has 2 aromatic carbocycles. The predicted molar refractivity (Wildman–Crippen MR) is 149 cm³/mol. The highest BCUT2D eigenvalue weighted by Crippen LogP contribution is 2.40. The molecule has 1 saturated heterocycles. The van der Waals surface area contributed by atoms with Crippen LogP contribution in [0.4, 0.5) is 0 Å². The van der Waals surface area contributed by atoms with E-state index in [2.05, 4.69) is 41.1 Å². The normalized spacial score (nSPS) is 16.8. The predicted octanol–water partition coefficient (Wildman–Crippen LogP) is 6.28. The smallest absolute Gasteiger partial charge is 0.119 e. The zero-order valence-corrected chi connectivity index (χ0v) is 22.8. The van der Waals surface area contributed by atoms with E-state index in [1.807, 2.05) is 30.0 Å². The van der Waals surface area contributed by atoms with Gasteiger partial charge in [0.2, 0.25) is 0 Å². The monoisotopic (exact) mass is 528 g/mol. The van der Waals surface area contributed by atoms with Gasteiger partial charge in [0.15, 0.2) is 0 Å². The van der Waals surface area contributed by atoms with E-state index >= 15 is 0 Å². The number of aliphatic hydroxyl groups excluding tert-OH is 2. The van der Waals surface area contributed by atoms with Gasteiger partial charge in [0, 0.05) is 28.6 Å². The number of aliphatic hydroxyl groups is 2. The second-order valence-corrected chi connectivity index (χ2v) is 11.6. The number of pyridine rings is 1. The number of fused-ring (bicyclic) bond motifs is 1. The topological polar surface area (TPSA) is 65.8 Å². The molecule has 0 spiro atoms. The molecule has 3 aromatic rings. The number of benzene rings is 2. The van der Waals surface area contributed by atoms with Crippen molar-refractivity contribution in [1.29, 1.82) is 0 Å². The second-order valence-electron chi connectivity index (χ2n) is 9.98. The summed E-state index contributed by atoms with van der Waals surface area (Å²) >= 11 is 8.41. The van der Waals surface area contributed by atoms with Gasteiger partial charge in [-0.2, -0.15) is 0 Å². The van der Waals surface area contributed by atoms with Crippen molar-refractivity contribution >= 4 is 34.3 Å². The Morgan fingerprint density at radius 3 is 2.72 bits per heavy atom. The number of aromatic nitrogens is 1. The third-order valence-corrected chi connectivity index (χ3v) is 8.86. The van der Waals surface area contributed by atoms with Gasteiger partial charge < -0.3 is 19.8 Å². The summed E-state index contributed by atoms with van der Waals surface area (Å²) in [5.74, 6) is 1.82. The molecule has 5 nitrogen and oxygen atoms in total. The quantitative estimate of drug-likeness (QED) is 0.226. The Kier molecular flexibility index (Phi) is 9.53. The first kappa shape index (κ1) is 27.2. The maximum Gasteiger partial charge on any atom is 0.119 e. The summed E-state index contributed by atoms with van der Waals surface area (Å²) in [4.78, 5) is 8.25. The van der Waals surface area contributed by atoms with Gasteiger partial charge in [-0.25, -0.2) is 0 Å². The fourth-order valence-electron chi connectivity index (χ4n) is 5.14. The minimum atomic E-state index is -0.727. The molecule has 1 aliphatic heterocycles. The van der Waals surface area contributed by atoms with Crippen molar-refractivity contribution < 1.29 is 14.9 Å². The third-order valence-electron chi connectivity index (χ3n) is 7.48. The SMILES string of the molecule is COc1ccc2ncc(Cl)c([C@H](O)CCC3(CO)CCN(CCCSc4cccc(C)c4)CC3)c2c1. The molecule has 0 amide bonds. The number of hydrogen-bond acceptors (Lipinski definition) is 6. The summed E-state index contributed by atoms with van der Waals surface area (Å²) in [5.41, 5.74) is 2.62. The van der Waals surface area contributed by atoms with E-state index in [4.69, 9.17) is 16.3 Å². The number of hydrogen-bond donors (Lipinski definition) is 2. The first-order valence-corrected chi connectivity index (χ1v) is 14.1. The fourth-order valence-corrected chi connectivity index (χ4v) is 6.37. The summed E-state index contributed by atoms with van der Waals surface area (Å²) in [5, 5.41) is 22.7. The number of piperidine rings is 1. The number of methoxy groups -OCH3 is 1. The summed E-state index contributed by atoms with van der Waals surface area (Å²) in [6, 6.07) is 14.3. The van der Waals surface area contributed by atoms with Crippen molar-refractivity contribution in [2.75, 3.05) is 39.1 Å². The summed E-state index contributed by atoms with van der Waals surface area (Å²) in [7, 11) is 1.62. The van der Waals surface area contributed by atoms with Crippen molar-refractivity contribution in [3.63, 3.8) is 0 Å². The van der Waals surface area contributed by atoms with Crippen LogP contribution < -0.4 is 4.74 Å². The molecular weight excluding hydrogens is 492 g/mol. The molecule has 0 saturated carbocycles. The van der Waals surface area contributed by atoms with Crippen LogP contribution in [0.1, 0.15) is 49.3 Å². The molecule has 0 aliphatic carbocycles. The van der Waals surface area contributed by atoms with Gasteiger partial charge in [-0.15, -0.1) is 11.8 Å². The van der Waals surface area contributed by atoms with Crippen LogP contribution in [0.5, 0.6) is 5.75 Å². The lowest BCUT2D eigenvalue weighted by Crippen LogP contribution is -2.42. The van der Waals surface area contributed by atoms with Crippen molar-refractivity contribution in [2.45, 2.75) is 50.0 Å². The summed E-state index contributed by atoms with van der Waals surface area (Å²) in [6.07, 6.45) is 5.22. The number of thioether (sulfide) groups is 1. The molecule has 0 unspecified atom stereocenters. The Hall–Kier alpha value is -1.83. The molecule has 4 rings (SSSR count). The van der Waals surface area contributed by atoms with Crippen LogP contribution in [0.2, 0.25) is 5.02 Å². The van der Waals surface area contributed by atoms with Crippen molar-refractivity contribution in [1.82, 2.24) is 9.88 Å². The van der Waals surface area contributed by atoms with Gasteiger partial charge in [0.1, 0.15) is 5.75 Å².